The molecule has 0 aromatic heterocycles. The molecule has 27 heavy (non-hydrogen) atoms. The third-order valence-electron chi connectivity index (χ3n) is 3.56. The van der Waals surface area contributed by atoms with E-state index in [0.717, 1.165) is 10.0 Å². The quantitative estimate of drug-likeness (QED) is 0.638. The minimum Gasteiger partial charge on any atom is -0.493 e. The molecule has 2 aromatic carbocycles. The fraction of sp³-hybridized carbons (Fsp3) is 0.263. The van der Waals surface area contributed by atoms with Crippen LogP contribution in [0.15, 0.2) is 40.9 Å². The summed E-state index contributed by atoms with van der Waals surface area (Å²) in [5.41, 5.74) is 1.23. The first-order valence-corrected chi connectivity index (χ1v) is 9.41. The summed E-state index contributed by atoms with van der Waals surface area (Å²) in [5, 5.41) is 5.71. The van der Waals surface area contributed by atoms with E-state index in [4.69, 9.17) is 21.1 Å². The minimum absolute atomic E-state index is 0.132. The van der Waals surface area contributed by atoms with Gasteiger partial charge in [0.2, 0.25) is 5.91 Å². The van der Waals surface area contributed by atoms with Crippen LogP contribution in [0, 0.1) is 0 Å². The van der Waals surface area contributed by atoms with Crippen molar-refractivity contribution >= 4 is 39.3 Å². The molecule has 0 fully saturated rings. The molecule has 0 atom stereocenters. The molecule has 0 unspecified atom stereocenters. The van der Waals surface area contributed by atoms with E-state index in [9.17, 15) is 9.59 Å². The van der Waals surface area contributed by atoms with Crippen molar-refractivity contribution in [2.75, 3.05) is 20.3 Å². The highest BCUT2D eigenvalue weighted by molar-refractivity contribution is 9.10. The lowest BCUT2D eigenvalue weighted by atomic mass is 10.2. The van der Waals surface area contributed by atoms with Crippen molar-refractivity contribution < 1.29 is 19.1 Å². The highest BCUT2D eigenvalue weighted by atomic mass is 79.9. The van der Waals surface area contributed by atoms with E-state index in [1.807, 2.05) is 13.0 Å². The van der Waals surface area contributed by atoms with E-state index in [1.54, 1.807) is 30.3 Å². The number of ether oxygens (including phenoxy) is 2. The topological polar surface area (TPSA) is 76.7 Å². The Hall–Kier alpha value is -2.25. The number of rotatable bonds is 8. The van der Waals surface area contributed by atoms with Gasteiger partial charge in [0, 0.05) is 16.6 Å². The maximum atomic E-state index is 12.0. The van der Waals surface area contributed by atoms with E-state index >= 15 is 0 Å². The molecule has 0 aliphatic rings. The fourth-order valence-electron chi connectivity index (χ4n) is 2.32. The van der Waals surface area contributed by atoms with E-state index in [2.05, 4.69) is 26.6 Å². The lowest BCUT2D eigenvalue weighted by molar-refractivity contribution is -0.120. The van der Waals surface area contributed by atoms with Gasteiger partial charge in [-0.1, -0.05) is 33.6 Å². The van der Waals surface area contributed by atoms with Gasteiger partial charge in [-0.15, -0.1) is 0 Å². The van der Waals surface area contributed by atoms with Crippen LogP contribution < -0.4 is 20.1 Å². The molecular formula is C19H20BrClN2O4. The third kappa shape index (κ3) is 6.15. The van der Waals surface area contributed by atoms with Crippen molar-refractivity contribution in [2.45, 2.75) is 13.5 Å². The Balaban J connectivity index is 1.90. The number of halogens is 2. The number of benzene rings is 2. The van der Waals surface area contributed by atoms with Gasteiger partial charge >= 0.3 is 0 Å². The van der Waals surface area contributed by atoms with Crippen molar-refractivity contribution in [1.82, 2.24) is 10.6 Å². The summed E-state index contributed by atoms with van der Waals surface area (Å²) >= 11 is 9.52. The Labute approximate surface area is 171 Å². The minimum atomic E-state index is -0.322. The van der Waals surface area contributed by atoms with E-state index in [0.29, 0.717) is 28.7 Å². The summed E-state index contributed by atoms with van der Waals surface area (Å²) in [6.45, 7) is 2.43. The Bertz CT molecular complexity index is 829. The zero-order chi connectivity index (χ0) is 19.8. The van der Waals surface area contributed by atoms with Gasteiger partial charge in [-0.2, -0.15) is 0 Å². The monoisotopic (exact) mass is 454 g/mol. The number of carbonyl (C=O) groups is 2. The predicted octanol–water partition coefficient (Wildman–Crippen LogP) is 3.56. The highest BCUT2D eigenvalue weighted by Crippen LogP contribution is 2.36. The Morgan fingerprint density at radius 1 is 1.19 bits per heavy atom. The molecule has 2 amide bonds. The van der Waals surface area contributed by atoms with Crippen molar-refractivity contribution in [1.29, 1.82) is 0 Å². The second-order valence-electron chi connectivity index (χ2n) is 5.51. The molecule has 2 aromatic rings. The zero-order valence-electron chi connectivity index (χ0n) is 15.0. The normalized spacial score (nSPS) is 10.2. The summed E-state index contributed by atoms with van der Waals surface area (Å²) < 4.78 is 11.5. The standard InChI is InChI=1S/C19H20BrClN2O4/c1-3-27-18-15(21)7-12(8-16(18)26-2)10-22-17(24)11-23-19(25)13-5-4-6-14(20)9-13/h4-9H,3,10-11H2,1-2H3,(H,22,24)(H,23,25). The highest BCUT2D eigenvalue weighted by Gasteiger charge is 2.13. The molecule has 0 radical (unpaired) electrons. The Kier molecular flexibility index (Phi) is 7.94. The third-order valence-corrected chi connectivity index (χ3v) is 4.34. The largest absolute Gasteiger partial charge is 0.493 e. The van der Waals surface area contributed by atoms with Gasteiger partial charge in [0.05, 0.1) is 25.3 Å². The molecule has 8 heteroatoms. The average Bonchev–Trinajstić information content (AvgIpc) is 2.66. The van der Waals surface area contributed by atoms with Crippen molar-refractivity contribution in [3.8, 4) is 11.5 Å². The SMILES string of the molecule is CCOc1c(Cl)cc(CNC(=O)CNC(=O)c2cccc(Br)c2)cc1OC. The summed E-state index contributed by atoms with van der Waals surface area (Å²) in [5.74, 6) is 0.328. The number of carbonyl (C=O) groups excluding carboxylic acids is 2. The molecule has 0 saturated heterocycles. The van der Waals surface area contributed by atoms with Crippen LogP contribution in [0.5, 0.6) is 11.5 Å². The first kappa shape index (κ1) is 21.1. The number of hydrogen-bond donors (Lipinski definition) is 2. The van der Waals surface area contributed by atoms with Crippen LogP contribution in [0.25, 0.3) is 0 Å². The van der Waals surface area contributed by atoms with Gasteiger partial charge in [-0.05, 0) is 42.8 Å². The van der Waals surface area contributed by atoms with Crippen LogP contribution in [0.3, 0.4) is 0 Å². The molecular weight excluding hydrogens is 436 g/mol. The summed E-state index contributed by atoms with van der Waals surface area (Å²) in [6, 6.07) is 10.4. The Morgan fingerprint density at radius 2 is 1.96 bits per heavy atom. The van der Waals surface area contributed by atoms with Crippen LogP contribution in [-0.2, 0) is 11.3 Å². The van der Waals surface area contributed by atoms with Gasteiger partial charge in [-0.3, -0.25) is 9.59 Å². The molecule has 0 bridgehead atoms. The lowest BCUT2D eigenvalue weighted by Gasteiger charge is -2.13. The molecule has 144 valence electrons. The smallest absolute Gasteiger partial charge is 0.251 e. The first-order chi connectivity index (χ1) is 12.9. The number of nitrogens with one attached hydrogen (secondary N) is 2. The van der Waals surface area contributed by atoms with Crippen LogP contribution in [-0.4, -0.2) is 32.1 Å². The van der Waals surface area contributed by atoms with Crippen LogP contribution >= 0.6 is 27.5 Å². The van der Waals surface area contributed by atoms with Crippen molar-refractivity contribution in [2.24, 2.45) is 0 Å². The molecule has 2 N–H and O–H groups in total. The molecule has 2 rings (SSSR count). The molecule has 0 heterocycles. The van der Waals surface area contributed by atoms with Crippen molar-refractivity contribution in [3.05, 3.63) is 57.0 Å². The summed E-state index contributed by atoms with van der Waals surface area (Å²) in [7, 11) is 1.52. The predicted molar refractivity (Wildman–Crippen MR) is 107 cm³/mol. The fourth-order valence-corrected chi connectivity index (χ4v) is 3.00. The van der Waals surface area contributed by atoms with Crippen LogP contribution in [0.2, 0.25) is 5.02 Å². The maximum Gasteiger partial charge on any atom is 0.251 e. The Morgan fingerprint density at radius 3 is 2.63 bits per heavy atom. The van der Waals surface area contributed by atoms with Gasteiger partial charge in [0.1, 0.15) is 0 Å². The van der Waals surface area contributed by atoms with Gasteiger partial charge in [0.25, 0.3) is 5.91 Å². The summed E-state index contributed by atoms with van der Waals surface area (Å²) in [4.78, 5) is 24.0. The molecule has 6 nitrogen and oxygen atoms in total. The summed E-state index contributed by atoms with van der Waals surface area (Å²) in [6.07, 6.45) is 0. The van der Waals surface area contributed by atoms with Gasteiger partial charge < -0.3 is 20.1 Å². The van der Waals surface area contributed by atoms with E-state index in [-0.39, 0.29) is 24.9 Å². The van der Waals surface area contributed by atoms with E-state index < -0.39 is 0 Å². The molecule has 0 spiro atoms. The van der Waals surface area contributed by atoms with Crippen LogP contribution in [0.1, 0.15) is 22.8 Å². The lowest BCUT2D eigenvalue weighted by Crippen LogP contribution is -2.36. The number of methoxy groups -OCH3 is 1. The van der Waals surface area contributed by atoms with Crippen LogP contribution in [0.4, 0.5) is 0 Å². The second kappa shape index (κ2) is 10.2. The number of hydrogen-bond acceptors (Lipinski definition) is 4. The second-order valence-corrected chi connectivity index (χ2v) is 6.83. The van der Waals surface area contributed by atoms with Crippen molar-refractivity contribution in [3.63, 3.8) is 0 Å². The van der Waals surface area contributed by atoms with Gasteiger partial charge in [-0.25, -0.2) is 0 Å². The van der Waals surface area contributed by atoms with E-state index in [1.165, 1.54) is 7.11 Å². The zero-order valence-corrected chi connectivity index (χ0v) is 17.3. The number of amides is 2. The molecule has 0 aliphatic carbocycles. The maximum absolute atomic E-state index is 12.0. The molecule has 0 saturated carbocycles. The average molecular weight is 456 g/mol. The molecule has 0 aliphatic heterocycles. The first-order valence-electron chi connectivity index (χ1n) is 8.24. The van der Waals surface area contributed by atoms with Gasteiger partial charge in [0.15, 0.2) is 11.5 Å².